The highest BCUT2D eigenvalue weighted by Gasteiger charge is 2.32. The Morgan fingerprint density at radius 1 is 0.341 bits per heavy atom. The average Bonchev–Trinajstić information content (AvgIpc) is 3.56. The van der Waals surface area contributed by atoms with Gasteiger partial charge in [0.05, 0.1) is 0 Å². The Balaban J connectivity index is 1.29. The summed E-state index contributed by atoms with van der Waals surface area (Å²) in [6.45, 7) is 0. The van der Waals surface area contributed by atoms with Crippen LogP contribution < -0.4 is 10.6 Å². The first kappa shape index (κ1) is 25.7. The summed E-state index contributed by atoms with van der Waals surface area (Å²) in [4.78, 5) is 26.1. The van der Waals surface area contributed by atoms with Crippen LogP contribution in [0.25, 0.3) is 33.4 Å². The number of nitrogens with one attached hydrogen (secondary N) is 2. The highest BCUT2D eigenvalue weighted by atomic mass is 16.2. The van der Waals surface area contributed by atoms with Gasteiger partial charge in [0, 0.05) is 22.5 Å². The highest BCUT2D eigenvalue weighted by Crippen LogP contribution is 2.54. The van der Waals surface area contributed by atoms with Crippen LogP contribution in [0, 0.1) is 0 Å². The molecule has 8 rings (SSSR count). The van der Waals surface area contributed by atoms with Gasteiger partial charge >= 0.3 is 0 Å². The van der Waals surface area contributed by atoms with E-state index in [0.29, 0.717) is 11.1 Å². The van der Waals surface area contributed by atoms with Crippen molar-refractivity contribution in [1.29, 1.82) is 0 Å². The summed E-state index contributed by atoms with van der Waals surface area (Å²) < 4.78 is 0. The van der Waals surface area contributed by atoms with Gasteiger partial charge in [0.2, 0.25) is 0 Å². The van der Waals surface area contributed by atoms with E-state index < -0.39 is 0 Å². The Bertz CT molecular complexity index is 1990. The second kappa shape index (κ2) is 10.4. The van der Waals surface area contributed by atoms with Crippen LogP contribution in [0.15, 0.2) is 146 Å². The van der Waals surface area contributed by atoms with Crippen molar-refractivity contribution in [1.82, 2.24) is 0 Å². The van der Waals surface area contributed by atoms with Crippen molar-refractivity contribution in [2.75, 3.05) is 10.6 Å². The van der Waals surface area contributed by atoms with Gasteiger partial charge in [0.15, 0.2) is 0 Å². The fraction of sp³-hybridized carbons (Fsp3) is 0. The van der Waals surface area contributed by atoms with Gasteiger partial charge in [-0.1, -0.05) is 97.1 Å². The van der Waals surface area contributed by atoms with E-state index in [-0.39, 0.29) is 11.8 Å². The second-order valence-corrected chi connectivity index (χ2v) is 11.0. The van der Waals surface area contributed by atoms with Gasteiger partial charge in [-0.05, 0) is 104 Å². The van der Waals surface area contributed by atoms with Crippen molar-refractivity contribution in [3.63, 3.8) is 0 Å². The second-order valence-electron chi connectivity index (χ2n) is 11.0. The maximum absolute atomic E-state index is 13.1. The van der Waals surface area contributed by atoms with Crippen LogP contribution in [0.4, 0.5) is 11.4 Å². The average molecular weight is 567 g/mol. The largest absolute Gasteiger partial charge is 0.322 e. The van der Waals surface area contributed by atoms with Crippen molar-refractivity contribution in [2.24, 2.45) is 0 Å². The zero-order valence-electron chi connectivity index (χ0n) is 23.7. The topological polar surface area (TPSA) is 58.2 Å². The SMILES string of the molecule is O=C(Nc1ccc2c(c1)/C(=C1\c3ccccc3-c3ccc(NC(=O)c4ccccc4)cc31)c1ccccc1-2)c1ccccc1. The van der Waals surface area contributed by atoms with E-state index in [1.165, 1.54) is 0 Å². The number of hydrogen-bond acceptors (Lipinski definition) is 2. The summed E-state index contributed by atoms with van der Waals surface area (Å²) in [6, 6.07) is 47.7. The third-order valence-corrected chi connectivity index (χ3v) is 8.39. The number of benzene rings is 6. The number of carbonyl (C=O) groups is 2. The number of carbonyl (C=O) groups excluding carboxylic acids is 2. The summed E-state index contributed by atoms with van der Waals surface area (Å²) in [7, 11) is 0. The summed E-state index contributed by atoms with van der Waals surface area (Å²) >= 11 is 0. The van der Waals surface area contributed by atoms with Gasteiger partial charge in [-0.15, -0.1) is 0 Å². The van der Waals surface area contributed by atoms with E-state index in [1.54, 1.807) is 0 Å². The minimum atomic E-state index is -0.148. The lowest BCUT2D eigenvalue weighted by Gasteiger charge is -2.14. The normalized spacial score (nSPS) is 13.8. The molecule has 2 amide bonds. The molecule has 0 aromatic heterocycles. The molecule has 0 heterocycles. The van der Waals surface area contributed by atoms with Crippen LogP contribution in [-0.2, 0) is 0 Å². The van der Waals surface area contributed by atoms with Crippen LogP contribution in [-0.4, -0.2) is 11.8 Å². The van der Waals surface area contributed by atoms with Gasteiger partial charge in [-0.3, -0.25) is 9.59 Å². The standard InChI is InChI=1S/C40H26N2O2/c43-39(25-11-3-1-4-12-25)41-27-19-21-31-29-15-7-9-17-33(29)37(35(31)23-27)38-34-18-10-8-16-30(34)32-22-20-28(24-36(32)38)42-40(44)26-13-5-2-6-14-26/h1-24H,(H,41,43)(H,42,44)/b38-37+. The van der Waals surface area contributed by atoms with Crippen molar-refractivity contribution < 1.29 is 9.59 Å². The first-order chi connectivity index (χ1) is 21.7. The van der Waals surface area contributed by atoms with E-state index >= 15 is 0 Å². The van der Waals surface area contributed by atoms with Gasteiger partial charge in [0.1, 0.15) is 0 Å². The van der Waals surface area contributed by atoms with Crippen LogP contribution in [0.2, 0.25) is 0 Å². The molecule has 2 N–H and O–H groups in total. The molecular formula is C40H26N2O2. The number of anilines is 2. The maximum Gasteiger partial charge on any atom is 0.255 e. The van der Waals surface area contributed by atoms with Crippen molar-refractivity contribution in [3.05, 3.63) is 179 Å². The number of rotatable bonds is 4. The number of hydrogen-bond donors (Lipinski definition) is 2. The van der Waals surface area contributed by atoms with Gasteiger partial charge in [-0.2, -0.15) is 0 Å². The molecule has 0 spiro atoms. The van der Waals surface area contributed by atoms with Crippen LogP contribution >= 0.6 is 0 Å². The molecule has 0 saturated carbocycles. The monoisotopic (exact) mass is 566 g/mol. The Hall–Kier alpha value is -6.00. The molecule has 0 bridgehead atoms. The zero-order valence-corrected chi connectivity index (χ0v) is 23.7. The molecule has 44 heavy (non-hydrogen) atoms. The minimum absolute atomic E-state index is 0.148. The summed E-state index contributed by atoms with van der Waals surface area (Å²) in [6.07, 6.45) is 0. The summed E-state index contributed by atoms with van der Waals surface area (Å²) in [5, 5.41) is 6.20. The van der Waals surface area contributed by atoms with Crippen LogP contribution in [0.1, 0.15) is 43.0 Å². The maximum atomic E-state index is 13.1. The molecule has 0 aliphatic heterocycles. The van der Waals surface area contributed by atoms with Crippen molar-refractivity contribution in [2.45, 2.75) is 0 Å². The van der Waals surface area contributed by atoms with Crippen molar-refractivity contribution in [3.8, 4) is 22.3 Å². The predicted octanol–water partition coefficient (Wildman–Crippen LogP) is 9.16. The van der Waals surface area contributed by atoms with E-state index in [9.17, 15) is 9.59 Å². The molecule has 0 unspecified atom stereocenters. The fourth-order valence-corrected chi connectivity index (χ4v) is 6.41. The third-order valence-electron chi connectivity index (χ3n) is 8.39. The molecule has 4 heteroatoms. The molecule has 4 nitrogen and oxygen atoms in total. The van der Waals surface area contributed by atoms with Crippen molar-refractivity contribution >= 4 is 34.3 Å². The molecule has 6 aromatic rings. The molecule has 2 aliphatic carbocycles. The molecule has 2 aliphatic rings. The summed E-state index contributed by atoms with van der Waals surface area (Å²) in [5.41, 5.74) is 13.9. The van der Waals surface area contributed by atoms with E-state index in [0.717, 1.165) is 67.0 Å². The molecule has 0 atom stereocenters. The third kappa shape index (κ3) is 4.24. The first-order valence-electron chi connectivity index (χ1n) is 14.6. The lowest BCUT2D eigenvalue weighted by atomic mass is 9.91. The Kier molecular flexibility index (Phi) is 6.05. The molecule has 0 saturated heterocycles. The number of fused-ring (bicyclic) bond motifs is 6. The predicted molar refractivity (Wildman–Crippen MR) is 178 cm³/mol. The van der Waals surface area contributed by atoms with E-state index in [4.69, 9.17) is 0 Å². The minimum Gasteiger partial charge on any atom is -0.322 e. The van der Waals surface area contributed by atoms with Crippen LogP contribution in [0.5, 0.6) is 0 Å². The molecular weight excluding hydrogens is 540 g/mol. The van der Waals surface area contributed by atoms with E-state index in [1.807, 2.05) is 72.8 Å². The fourth-order valence-electron chi connectivity index (χ4n) is 6.41. The molecule has 0 radical (unpaired) electrons. The lowest BCUT2D eigenvalue weighted by Crippen LogP contribution is -2.11. The first-order valence-corrected chi connectivity index (χ1v) is 14.6. The van der Waals surface area contributed by atoms with Gasteiger partial charge < -0.3 is 10.6 Å². The summed E-state index contributed by atoms with van der Waals surface area (Å²) in [5.74, 6) is -0.295. The zero-order chi connectivity index (χ0) is 29.6. The smallest absolute Gasteiger partial charge is 0.255 e. The van der Waals surface area contributed by atoms with Gasteiger partial charge in [-0.25, -0.2) is 0 Å². The highest BCUT2D eigenvalue weighted by molar-refractivity contribution is 6.19. The molecule has 208 valence electrons. The van der Waals surface area contributed by atoms with E-state index in [2.05, 4.69) is 83.4 Å². The lowest BCUT2D eigenvalue weighted by molar-refractivity contribution is 0.101. The number of amides is 2. The van der Waals surface area contributed by atoms with Crippen LogP contribution in [0.3, 0.4) is 0 Å². The Morgan fingerprint density at radius 2 is 0.682 bits per heavy atom. The molecule has 6 aromatic carbocycles. The molecule has 0 fully saturated rings. The quantitative estimate of drug-likeness (QED) is 0.223. The van der Waals surface area contributed by atoms with Gasteiger partial charge in [0.25, 0.3) is 11.8 Å². The Labute approximate surface area is 255 Å². The Morgan fingerprint density at radius 3 is 1.09 bits per heavy atom.